The fourth-order valence-electron chi connectivity index (χ4n) is 2.35. The van der Waals surface area contributed by atoms with Crippen LogP contribution in [0.4, 0.5) is 4.79 Å². The van der Waals surface area contributed by atoms with Gasteiger partial charge in [0.25, 0.3) is 0 Å². The molecule has 0 saturated carbocycles. The number of rotatable bonds is 9. The molecule has 1 heterocycles. The number of para-hydroxylation sites is 2. The lowest BCUT2D eigenvalue weighted by molar-refractivity contribution is 0.0383. The summed E-state index contributed by atoms with van der Waals surface area (Å²) in [4.78, 5) is 26.1. The second-order valence-corrected chi connectivity index (χ2v) is 6.75. The molecule has 0 aliphatic carbocycles. The van der Waals surface area contributed by atoms with E-state index in [0.29, 0.717) is 39.5 Å². The van der Waals surface area contributed by atoms with Gasteiger partial charge >= 0.3 is 11.8 Å². The molecule has 26 heavy (non-hydrogen) atoms. The maximum Gasteiger partial charge on any atom is 0.407 e. The van der Waals surface area contributed by atoms with E-state index in [1.54, 1.807) is 4.57 Å². The lowest BCUT2D eigenvalue weighted by atomic mass is 10.2. The number of fused-ring (bicyclic) bond motifs is 1. The molecule has 2 rings (SSSR count). The zero-order valence-corrected chi connectivity index (χ0v) is 15.5. The Morgan fingerprint density at radius 3 is 2.54 bits per heavy atom. The van der Waals surface area contributed by atoms with Gasteiger partial charge in [0.05, 0.1) is 44.0 Å². The first-order chi connectivity index (χ1) is 12.4. The van der Waals surface area contributed by atoms with Crippen molar-refractivity contribution in [3.05, 3.63) is 34.7 Å². The van der Waals surface area contributed by atoms with Gasteiger partial charge in [-0.05, 0) is 32.9 Å². The van der Waals surface area contributed by atoms with Crippen molar-refractivity contribution < 1.29 is 19.0 Å². The molecule has 2 N–H and O–H groups in total. The van der Waals surface area contributed by atoms with Crippen LogP contribution in [0.5, 0.6) is 0 Å². The Bertz CT molecular complexity index is 760. The molecule has 8 nitrogen and oxygen atoms in total. The number of imidazole rings is 1. The van der Waals surface area contributed by atoms with Gasteiger partial charge in [-0.1, -0.05) is 12.1 Å². The Hall–Kier alpha value is -2.32. The molecule has 0 fully saturated rings. The van der Waals surface area contributed by atoms with Gasteiger partial charge in [0.1, 0.15) is 5.60 Å². The normalized spacial score (nSPS) is 11.7. The number of aromatic nitrogens is 2. The van der Waals surface area contributed by atoms with Crippen LogP contribution in [-0.2, 0) is 20.8 Å². The van der Waals surface area contributed by atoms with Crippen LogP contribution < -0.4 is 11.0 Å². The van der Waals surface area contributed by atoms with Crippen molar-refractivity contribution in [3.8, 4) is 0 Å². The molecule has 1 amide bonds. The summed E-state index contributed by atoms with van der Waals surface area (Å²) in [6.07, 6.45) is -0.457. The van der Waals surface area contributed by atoms with Crippen molar-refractivity contribution in [1.29, 1.82) is 0 Å². The Morgan fingerprint density at radius 2 is 1.81 bits per heavy atom. The van der Waals surface area contributed by atoms with Crippen molar-refractivity contribution in [2.45, 2.75) is 32.9 Å². The van der Waals surface area contributed by atoms with E-state index in [1.807, 2.05) is 45.0 Å². The Labute approximate surface area is 152 Å². The molecule has 2 aromatic rings. The number of hydrogen-bond donors (Lipinski definition) is 2. The molecule has 8 heteroatoms. The van der Waals surface area contributed by atoms with Crippen LogP contribution in [0, 0.1) is 0 Å². The van der Waals surface area contributed by atoms with Crippen molar-refractivity contribution in [2.75, 3.05) is 33.0 Å². The highest BCUT2D eigenvalue weighted by molar-refractivity contribution is 5.74. The molecule has 0 spiro atoms. The molecule has 1 aromatic carbocycles. The van der Waals surface area contributed by atoms with Crippen LogP contribution in [0.15, 0.2) is 29.1 Å². The second kappa shape index (κ2) is 9.40. The quantitative estimate of drug-likeness (QED) is 0.662. The van der Waals surface area contributed by atoms with E-state index in [9.17, 15) is 9.59 Å². The van der Waals surface area contributed by atoms with Crippen LogP contribution in [-0.4, -0.2) is 54.2 Å². The molecular formula is C18H27N3O5. The third-order valence-corrected chi connectivity index (χ3v) is 3.43. The zero-order valence-electron chi connectivity index (χ0n) is 15.5. The minimum absolute atomic E-state index is 0.140. The van der Waals surface area contributed by atoms with E-state index in [1.165, 1.54) is 0 Å². The van der Waals surface area contributed by atoms with Crippen molar-refractivity contribution in [3.63, 3.8) is 0 Å². The van der Waals surface area contributed by atoms with Crippen molar-refractivity contribution in [1.82, 2.24) is 14.9 Å². The number of H-pyrrole nitrogens is 1. The van der Waals surface area contributed by atoms with E-state index in [-0.39, 0.29) is 5.69 Å². The zero-order chi connectivity index (χ0) is 19.0. The van der Waals surface area contributed by atoms with Crippen LogP contribution in [0.2, 0.25) is 0 Å². The average Bonchev–Trinajstić information content (AvgIpc) is 2.87. The lowest BCUT2D eigenvalue weighted by Crippen LogP contribution is -2.34. The molecule has 0 aliphatic rings. The third kappa shape index (κ3) is 6.53. The largest absolute Gasteiger partial charge is 0.444 e. The molecule has 0 saturated heterocycles. The second-order valence-electron chi connectivity index (χ2n) is 6.75. The Balaban J connectivity index is 1.54. The number of aromatic amines is 1. The highest BCUT2D eigenvalue weighted by atomic mass is 16.6. The highest BCUT2D eigenvalue weighted by Gasteiger charge is 2.15. The molecular weight excluding hydrogens is 338 g/mol. The summed E-state index contributed by atoms with van der Waals surface area (Å²) < 4.78 is 17.6. The maximum absolute atomic E-state index is 11.9. The molecule has 0 atom stereocenters. The third-order valence-electron chi connectivity index (χ3n) is 3.43. The van der Waals surface area contributed by atoms with Gasteiger partial charge in [-0.25, -0.2) is 9.59 Å². The molecule has 0 radical (unpaired) electrons. The number of hydrogen-bond acceptors (Lipinski definition) is 5. The summed E-state index contributed by atoms with van der Waals surface area (Å²) in [5.74, 6) is 0. The summed E-state index contributed by atoms with van der Waals surface area (Å²) in [6.45, 7) is 7.91. The van der Waals surface area contributed by atoms with Crippen LogP contribution >= 0.6 is 0 Å². The summed E-state index contributed by atoms with van der Waals surface area (Å²) in [7, 11) is 0. The van der Waals surface area contributed by atoms with E-state index in [2.05, 4.69) is 10.3 Å². The topological polar surface area (TPSA) is 94.6 Å². The number of carbonyl (C=O) groups excluding carboxylic acids is 1. The highest BCUT2D eigenvalue weighted by Crippen LogP contribution is 2.08. The minimum Gasteiger partial charge on any atom is -0.444 e. The Kier molecular flexibility index (Phi) is 7.23. The minimum atomic E-state index is -0.508. The number of nitrogens with one attached hydrogen (secondary N) is 2. The van der Waals surface area contributed by atoms with Gasteiger partial charge in [-0.15, -0.1) is 0 Å². The standard InChI is InChI=1S/C18H27N3O5/c1-18(2,3)26-17(23)19-8-10-24-12-13-25-11-9-21-15-7-5-4-6-14(15)20-16(21)22/h4-7H,8-13H2,1-3H3,(H,19,23)(H,20,22). The number of benzene rings is 1. The molecule has 144 valence electrons. The fourth-order valence-corrected chi connectivity index (χ4v) is 2.35. The summed E-state index contributed by atoms with van der Waals surface area (Å²) >= 11 is 0. The van der Waals surface area contributed by atoms with Crippen LogP contribution in [0.1, 0.15) is 20.8 Å². The first-order valence-electron chi connectivity index (χ1n) is 8.67. The number of ether oxygens (including phenoxy) is 3. The van der Waals surface area contributed by atoms with Gasteiger partial charge in [-0.2, -0.15) is 0 Å². The van der Waals surface area contributed by atoms with E-state index in [0.717, 1.165) is 11.0 Å². The van der Waals surface area contributed by atoms with Crippen LogP contribution in [0.25, 0.3) is 11.0 Å². The fraction of sp³-hybridized carbons (Fsp3) is 0.556. The first-order valence-corrected chi connectivity index (χ1v) is 8.67. The Morgan fingerprint density at radius 1 is 1.12 bits per heavy atom. The predicted octanol–water partition coefficient (Wildman–Crippen LogP) is 1.89. The SMILES string of the molecule is CC(C)(C)OC(=O)NCCOCCOCCn1c(=O)[nH]c2ccccc21. The van der Waals surface area contributed by atoms with Gasteiger partial charge in [0.2, 0.25) is 0 Å². The summed E-state index contributed by atoms with van der Waals surface area (Å²) in [5, 5.41) is 2.61. The van der Waals surface area contributed by atoms with E-state index >= 15 is 0 Å². The number of amides is 1. The number of alkyl carbamates (subject to hydrolysis) is 1. The monoisotopic (exact) mass is 365 g/mol. The molecule has 0 aliphatic heterocycles. The lowest BCUT2D eigenvalue weighted by Gasteiger charge is -2.19. The first kappa shape index (κ1) is 20.0. The molecule has 0 unspecified atom stereocenters. The maximum atomic E-state index is 11.9. The van der Waals surface area contributed by atoms with E-state index < -0.39 is 11.7 Å². The van der Waals surface area contributed by atoms with Crippen LogP contribution in [0.3, 0.4) is 0 Å². The number of nitrogens with zero attached hydrogens (tertiary/aromatic N) is 1. The van der Waals surface area contributed by atoms with E-state index in [4.69, 9.17) is 14.2 Å². The molecule has 0 bridgehead atoms. The van der Waals surface area contributed by atoms with Crippen molar-refractivity contribution in [2.24, 2.45) is 0 Å². The van der Waals surface area contributed by atoms with Gasteiger partial charge in [-0.3, -0.25) is 4.57 Å². The molecule has 1 aromatic heterocycles. The number of carbonyl (C=O) groups is 1. The van der Waals surface area contributed by atoms with Gasteiger partial charge < -0.3 is 24.5 Å². The summed E-state index contributed by atoms with van der Waals surface area (Å²) in [5.41, 5.74) is 1.04. The van der Waals surface area contributed by atoms with Crippen molar-refractivity contribution >= 4 is 17.1 Å². The van der Waals surface area contributed by atoms with Gasteiger partial charge in [0.15, 0.2) is 0 Å². The average molecular weight is 365 g/mol. The van der Waals surface area contributed by atoms with Gasteiger partial charge in [0, 0.05) is 6.54 Å². The summed E-state index contributed by atoms with van der Waals surface area (Å²) in [6, 6.07) is 7.54. The smallest absolute Gasteiger partial charge is 0.407 e. The predicted molar refractivity (Wildman–Crippen MR) is 98.4 cm³/mol.